The largest absolute Gasteiger partial charge is 0.465 e. The second-order valence-corrected chi connectivity index (χ2v) is 6.09. The van der Waals surface area contributed by atoms with Gasteiger partial charge in [0.25, 0.3) is 0 Å². The molecule has 110 valence electrons. The molecular weight excluding hydrogens is 254 g/mol. The zero-order valence-electron chi connectivity index (χ0n) is 12.8. The molecular formula is C16H23NO3. The van der Waals surface area contributed by atoms with Crippen LogP contribution in [0.4, 0.5) is 5.69 Å². The van der Waals surface area contributed by atoms with Gasteiger partial charge in [0.2, 0.25) is 5.91 Å². The molecule has 1 aromatic carbocycles. The lowest BCUT2D eigenvalue weighted by Gasteiger charge is -2.26. The molecule has 0 aliphatic rings. The third-order valence-electron chi connectivity index (χ3n) is 3.54. The predicted octanol–water partition coefficient (Wildman–Crippen LogP) is 3.48. The van der Waals surface area contributed by atoms with Crippen LogP contribution >= 0.6 is 0 Å². The second-order valence-electron chi connectivity index (χ2n) is 6.09. The van der Waals surface area contributed by atoms with E-state index in [-0.39, 0.29) is 17.2 Å². The van der Waals surface area contributed by atoms with E-state index in [9.17, 15) is 9.59 Å². The molecule has 0 saturated carbocycles. The van der Waals surface area contributed by atoms with Crippen molar-refractivity contribution in [1.29, 1.82) is 0 Å². The summed E-state index contributed by atoms with van der Waals surface area (Å²) in [6.45, 7) is 8.40. The van der Waals surface area contributed by atoms with Crippen LogP contribution < -0.4 is 5.32 Å². The van der Waals surface area contributed by atoms with Gasteiger partial charge in [-0.15, -0.1) is 0 Å². The number of nitrogens with one attached hydrogen (secondary N) is 1. The first-order valence-electron chi connectivity index (χ1n) is 6.72. The van der Waals surface area contributed by atoms with Gasteiger partial charge in [0.05, 0.1) is 12.7 Å². The molecule has 1 atom stereocenters. The molecule has 0 aliphatic heterocycles. The molecule has 0 aromatic heterocycles. The predicted molar refractivity (Wildman–Crippen MR) is 79.6 cm³/mol. The first kappa shape index (κ1) is 16.2. The molecule has 0 saturated heterocycles. The van der Waals surface area contributed by atoms with Crippen molar-refractivity contribution in [1.82, 2.24) is 0 Å². The van der Waals surface area contributed by atoms with Gasteiger partial charge in [-0.25, -0.2) is 4.79 Å². The fourth-order valence-corrected chi connectivity index (χ4v) is 1.64. The van der Waals surface area contributed by atoms with Crippen LogP contribution in [0.2, 0.25) is 0 Å². The van der Waals surface area contributed by atoms with Crippen molar-refractivity contribution in [2.45, 2.75) is 34.1 Å². The standard InChI is InChI=1S/C16H23NO3/c1-11(16(2,3)4)9-14(18)17-13-8-6-7-12(10-13)15(19)20-5/h6-8,10-11H,9H2,1-5H3,(H,17,18). The Morgan fingerprint density at radius 3 is 2.50 bits per heavy atom. The van der Waals surface area contributed by atoms with E-state index >= 15 is 0 Å². The molecule has 4 heteroatoms. The highest BCUT2D eigenvalue weighted by Gasteiger charge is 2.22. The lowest BCUT2D eigenvalue weighted by Crippen LogP contribution is -2.24. The monoisotopic (exact) mass is 277 g/mol. The molecule has 1 amide bonds. The third kappa shape index (κ3) is 4.68. The lowest BCUT2D eigenvalue weighted by molar-refractivity contribution is -0.117. The molecule has 0 radical (unpaired) electrons. The van der Waals surface area contributed by atoms with Gasteiger partial charge in [-0.05, 0) is 29.5 Å². The normalized spacial score (nSPS) is 12.7. The topological polar surface area (TPSA) is 55.4 Å². The number of rotatable bonds is 4. The molecule has 0 fully saturated rings. The van der Waals surface area contributed by atoms with Gasteiger partial charge in [0.1, 0.15) is 0 Å². The molecule has 1 rings (SSSR count). The number of methoxy groups -OCH3 is 1. The van der Waals surface area contributed by atoms with E-state index in [4.69, 9.17) is 0 Å². The van der Waals surface area contributed by atoms with E-state index in [0.717, 1.165) is 0 Å². The molecule has 0 heterocycles. The molecule has 1 aromatic rings. The van der Waals surface area contributed by atoms with Crippen LogP contribution in [-0.2, 0) is 9.53 Å². The average molecular weight is 277 g/mol. The van der Waals surface area contributed by atoms with Gasteiger partial charge in [-0.2, -0.15) is 0 Å². The zero-order chi connectivity index (χ0) is 15.3. The van der Waals surface area contributed by atoms with Crippen LogP contribution in [0.3, 0.4) is 0 Å². The minimum absolute atomic E-state index is 0.0468. The van der Waals surface area contributed by atoms with Crippen molar-refractivity contribution >= 4 is 17.6 Å². The molecule has 0 spiro atoms. The summed E-state index contributed by atoms with van der Waals surface area (Å²) in [5.41, 5.74) is 1.12. The van der Waals surface area contributed by atoms with Crippen LogP contribution in [0.25, 0.3) is 0 Å². The summed E-state index contributed by atoms with van der Waals surface area (Å²) in [7, 11) is 1.33. The van der Waals surface area contributed by atoms with Gasteiger partial charge in [-0.3, -0.25) is 4.79 Å². The number of benzene rings is 1. The highest BCUT2D eigenvalue weighted by atomic mass is 16.5. The summed E-state index contributed by atoms with van der Waals surface area (Å²) in [4.78, 5) is 23.4. The number of amides is 1. The van der Waals surface area contributed by atoms with E-state index in [1.165, 1.54) is 7.11 Å². The van der Waals surface area contributed by atoms with E-state index in [2.05, 4.69) is 37.7 Å². The summed E-state index contributed by atoms with van der Waals surface area (Å²) in [5, 5.41) is 2.82. The maximum Gasteiger partial charge on any atom is 0.337 e. The Hall–Kier alpha value is -1.84. The van der Waals surface area contributed by atoms with Gasteiger partial charge in [0, 0.05) is 12.1 Å². The molecule has 0 bridgehead atoms. The van der Waals surface area contributed by atoms with Crippen LogP contribution in [-0.4, -0.2) is 19.0 Å². The van der Waals surface area contributed by atoms with Crippen LogP contribution in [0.5, 0.6) is 0 Å². The molecule has 1 unspecified atom stereocenters. The second kappa shape index (κ2) is 6.55. The Labute approximate surface area is 120 Å². The van der Waals surface area contributed by atoms with Gasteiger partial charge < -0.3 is 10.1 Å². The molecule has 0 aliphatic carbocycles. The Balaban J connectivity index is 2.69. The van der Waals surface area contributed by atoms with Crippen molar-refractivity contribution < 1.29 is 14.3 Å². The summed E-state index contributed by atoms with van der Waals surface area (Å²) in [5.74, 6) is -0.190. The highest BCUT2D eigenvalue weighted by molar-refractivity contribution is 5.94. The fourth-order valence-electron chi connectivity index (χ4n) is 1.64. The smallest absolute Gasteiger partial charge is 0.337 e. The highest BCUT2D eigenvalue weighted by Crippen LogP contribution is 2.28. The molecule has 1 N–H and O–H groups in total. The van der Waals surface area contributed by atoms with E-state index in [1.807, 2.05) is 0 Å². The van der Waals surface area contributed by atoms with E-state index < -0.39 is 5.97 Å². The summed E-state index contributed by atoms with van der Waals surface area (Å²) < 4.78 is 4.65. The van der Waals surface area contributed by atoms with Gasteiger partial charge in [0.15, 0.2) is 0 Å². The molecule has 4 nitrogen and oxygen atoms in total. The number of carbonyl (C=O) groups is 2. The van der Waals surface area contributed by atoms with Crippen LogP contribution in [0, 0.1) is 11.3 Å². The average Bonchev–Trinajstić information content (AvgIpc) is 2.36. The lowest BCUT2D eigenvalue weighted by atomic mass is 9.80. The van der Waals surface area contributed by atoms with Crippen molar-refractivity contribution in [3.8, 4) is 0 Å². The minimum atomic E-state index is -0.413. The minimum Gasteiger partial charge on any atom is -0.465 e. The van der Waals surface area contributed by atoms with Crippen LogP contribution in [0.15, 0.2) is 24.3 Å². The summed E-state index contributed by atoms with van der Waals surface area (Å²) in [6.07, 6.45) is 0.450. The van der Waals surface area contributed by atoms with E-state index in [1.54, 1.807) is 24.3 Å². The first-order chi connectivity index (χ1) is 9.24. The number of hydrogen-bond acceptors (Lipinski definition) is 3. The van der Waals surface area contributed by atoms with Crippen molar-refractivity contribution in [3.63, 3.8) is 0 Å². The maximum absolute atomic E-state index is 12.0. The zero-order valence-corrected chi connectivity index (χ0v) is 12.8. The Kier molecular flexibility index (Phi) is 5.31. The maximum atomic E-state index is 12.0. The number of carbonyl (C=O) groups excluding carboxylic acids is 2. The number of esters is 1. The number of anilines is 1. The van der Waals surface area contributed by atoms with Crippen molar-refractivity contribution in [3.05, 3.63) is 29.8 Å². The third-order valence-corrected chi connectivity index (χ3v) is 3.54. The molecule has 20 heavy (non-hydrogen) atoms. The van der Waals surface area contributed by atoms with Crippen molar-refractivity contribution in [2.24, 2.45) is 11.3 Å². The summed E-state index contributed by atoms with van der Waals surface area (Å²) >= 11 is 0. The number of ether oxygens (including phenoxy) is 1. The Bertz CT molecular complexity index is 489. The van der Waals surface area contributed by atoms with Gasteiger partial charge in [-0.1, -0.05) is 33.8 Å². The number of hydrogen-bond donors (Lipinski definition) is 1. The quantitative estimate of drug-likeness (QED) is 0.857. The first-order valence-corrected chi connectivity index (χ1v) is 6.72. The Morgan fingerprint density at radius 2 is 1.95 bits per heavy atom. The van der Waals surface area contributed by atoms with Crippen molar-refractivity contribution in [2.75, 3.05) is 12.4 Å². The Morgan fingerprint density at radius 1 is 1.30 bits per heavy atom. The van der Waals surface area contributed by atoms with E-state index in [0.29, 0.717) is 17.7 Å². The van der Waals surface area contributed by atoms with Crippen LogP contribution in [0.1, 0.15) is 44.5 Å². The fraction of sp³-hybridized carbons (Fsp3) is 0.500. The SMILES string of the molecule is COC(=O)c1cccc(NC(=O)CC(C)C(C)(C)C)c1. The summed E-state index contributed by atoms with van der Waals surface area (Å²) in [6, 6.07) is 6.74. The van der Waals surface area contributed by atoms with Gasteiger partial charge >= 0.3 is 5.97 Å².